The topological polar surface area (TPSA) is 42.3 Å². The van der Waals surface area contributed by atoms with Gasteiger partial charge < -0.3 is 19.5 Å². The van der Waals surface area contributed by atoms with Gasteiger partial charge in [0.2, 0.25) is 0 Å². The molecule has 1 unspecified atom stereocenters. The summed E-state index contributed by atoms with van der Waals surface area (Å²) in [6.07, 6.45) is 4.67. The van der Waals surface area contributed by atoms with Gasteiger partial charge in [-0.25, -0.2) is 4.98 Å². The maximum atomic E-state index is 5.49. The van der Waals surface area contributed by atoms with Crippen LogP contribution in [0.25, 0.3) is 0 Å². The van der Waals surface area contributed by atoms with Crippen molar-refractivity contribution in [1.29, 1.82) is 0 Å². The van der Waals surface area contributed by atoms with Crippen LogP contribution < -0.4 is 10.2 Å². The third-order valence-corrected chi connectivity index (χ3v) is 5.29. The highest BCUT2D eigenvalue weighted by Gasteiger charge is 2.22. The zero-order valence-corrected chi connectivity index (χ0v) is 15.1. The van der Waals surface area contributed by atoms with Crippen molar-refractivity contribution in [3.05, 3.63) is 47.5 Å². The van der Waals surface area contributed by atoms with Gasteiger partial charge in [-0.05, 0) is 31.4 Å². The molecule has 0 aliphatic carbocycles. The molecule has 25 heavy (non-hydrogen) atoms. The standard InChI is InChI=1S/C20H28N4O/c1-16-15-24-8-4-6-18(20(24)22-16)14-21-13-17-5-2-3-7-19(17)23-9-11-25-12-10-23/h2-3,5,7,15,18,21H,4,6,8-14H2,1H3. The monoisotopic (exact) mass is 340 g/mol. The van der Waals surface area contributed by atoms with Crippen molar-refractivity contribution in [2.45, 2.75) is 38.8 Å². The summed E-state index contributed by atoms with van der Waals surface area (Å²) in [7, 11) is 0. The number of nitrogens with one attached hydrogen (secondary N) is 1. The van der Waals surface area contributed by atoms with Crippen LogP contribution >= 0.6 is 0 Å². The number of hydrogen-bond donors (Lipinski definition) is 1. The van der Waals surface area contributed by atoms with E-state index in [9.17, 15) is 0 Å². The number of hydrogen-bond acceptors (Lipinski definition) is 4. The number of aryl methyl sites for hydroxylation is 2. The highest BCUT2D eigenvalue weighted by Crippen LogP contribution is 2.26. The maximum absolute atomic E-state index is 5.49. The summed E-state index contributed by atoms with van der Waals surface area (Å²) in [5.41, 5.74) is 3.86. The fraction of sp³-hybridized carbons (Fsp3) is 0.550. The molecule has 4 rings (SSSR count). The number of para-hydroxylation sites is 1. The molecule has 2 aliphatic rings. The number of imidazole rings is 1. The van der Waals surface area contributed by atoms with E-state index in [-0.39, 0.29) is 0 Å². The van der Waals surface area contributed by atoms with Gasteiger partial charge >= 0.3 is 0 Å². The molecule has 0 radical (unpaired) electrons. The quantitative estimate of drug-likeness (QED) is 0.909. The Morgan fingerprint density at radius 2 is 2.04 bits per heavy atom. The number of morpholine rings is 1. The third kappa shape index (κ3) is 3.72. The molecular weight excluding hydrogens is 312 g/mol. The van der Waals surface area contributed by atoms with Crippen LogP contribution in [-0.4, -0.2) is 42.4 Å². The Balaban J connectivity index is 1.39. The molecule has 1 N–H and O–H groups in total. The molecule has 0 spiro atoms. The third-order valence-electron chi connectivity index (χ3n) is 5.29. The van der Waals surface area contributed by atoms with Gasteiger partial charge in [-0.3, -0.25) is 0 Å². The lowest BCUT2D eigenvalue weighted by Crippen LogP contribution is -2.37. The van der Waals surface area contributed by atoms with E-state index in [4.69, 9.17) is 9.72 Å². The van der Waals surface area contributed by atoms with Crippen LogP contribution in [0.1, 0.15) is 35.8 Å². The predicted molar refractivity (Wildman–Crippen MR) is 100 cm³/mol. The maximum Gasteiger partial charge on any atom is 0.113 e. The Morgan fingerprint density at radius 1 is 1.20 bits per heavy atom. The Bertz CT molecular complexity index is 705. The summed E-state index contributed by atoms with van der Waals surface area (Å²) in [4.78, 5) is 7.19. The number of nitrogens with zero attached hydrogens (tertiary/aromatic N) is 3. The van der Waals surface area contributed by atoms with Gasteiger partial charge in [-0.2, -0.15) is 0 Å². The lowest BCUT2D eigenvalue weighted by atomic mass is 9.99. The van der Waals surface area contributed by atoms with Gasteiger partial charge in [-0.1, -0.05) is 18.2 Å². The molecule has 5 heteroatoms. The first-order valence-electron chi connectivity index (χ1n) is 9.46. The Kier molecular flexibility index (Phi) is 5.04. The van der Waals surface area contributed by atoms with Gasteiger partial charge in [-0.15, -0.1) is 0 Å². The Hall–Kier alpha value is -1.85. The van der Waals surface area contributed by atoms with Crippen molar-refractivity contribution >= 4 is 5.69 Å². The Labute approximate surface area is 150 Å². The van der Waals surface area contributed by atoms with Crippen molar-refractivity contribution in [2.75, 3.05) is 37.7 Å². The predicted octanol–water partition coefficient (Wildman–Crippen LogP) is 2.70. The fourth-order valence-corrected chi connectivity index (χ4v) is 4.05. The number of fused-ring (bicyclic) bond motifs is 1. The molecule has 2 aromatic rings. The molecule has 3 heterocycles. The largest absolute Gasteiger partial charge is 0.378 e. The lowest BCUT2D eigenvalue weighted by Gasteiger charge is -2.31. The first-order valence-corrected chi connectivity index (χ1v) is 9.46. The van der Waals surface area contributed by atoms with Crippen LogP contribution in [-0.2, 0) is 17.8 Å². The van der Waals surface area contributed by atoms with Crippen LogP contribution in [0.3, 0.4) is 0 Å². The van der Waals surface area contributed by atoms with Crippen LogP contribution in [0.15, 0.2) is 30.5 Å². The highest BCUT2D eigenvalue weighted by molar-refractivity contribution is 5.53. The lowest BCUT2D eigenvalue weighted by molar-refractivity contribution is 0.122. The van der Waals surface area contributed by atoms with Crippen molar-refractivity contribution < 1.29 is 4.74 Å². The van der Waals surface area contributed by atoms with Crippen molar-refractivity contribution in [1.82, 2.24) is 14.9 Å². The number of ether oxygens (including phenoxy) is 1. The average molecular weight is 340 g/mol. The number of anilines is 1. The second-order valence-corrected chi connectivity index (χ2v) is 7.13. The molecule has 134 valence electrons. The zero-order chi connectivity index (χ0) is 17.1. The molecule has 1 saturated heterocycles. The number of rotatable bonds is 5. The summed E-state index contributed by atoms with van der Waals surface area (Å²) in [5, 5.41) is 3.69. The molecule has 1 aromatic heterocycles. The second kappa shape index (κ2) is 7.58. The molecule has 1 fully saturated rings. The van der Waals surface area contributed by atoms with E-state index >= 15 is 0 Å². The summed E-state index contributed by atoms with van der Waals surface area (Å²) >= 11 is 0. The second-order valence-electron chi connectivity index (χ2n) is 7.13. The molecule has 5 nitrogen and oxygen atoms in total. The van der Waals surface area contributed by atoms with E-state index < -0.39 is 0 Å². The molecule has 1 atom stereocenters. The minimum atomic E-state index is 0.526. The smallest absolute Gasteiger partial charge is 0.113 e. The average Bonchev–Trinajstić information content (AvgIpc) is 3.04. The fourth-order valence-electron chi connectivity index (χ4n) is 4.05. The minimum absolute atomic E-state index is 0.526. The van der Waals surface area contributed by atoms with Crippen molar-refractivity contribution in [3.63, 3.8) is 0 Å². The first kappa shape index (κ1) is 16.6. The number of benzene rings is 1. The van der Waals surface area contributed by atoms with E-state index in [1.54, 1.807) is 0 Å². The van der Waals surface area contributed by atoms with Gasteiger partial charge in [0, 0.05) is 50.5 Å². The molecule has 1 aromatic carbocycles. The van der Waals surface area contributed by atoms with Gasteiger partial charge in [0.05, 0.1) is 18.9 Å². The highest BCUT2D eigenvalue weighted by atomic mass is 16.5. The minimum Gasteiger partial charge on any atom is -0.378 e. The van der Waals surface area contributed by atoms with Gasteiger partial charge in [0.1, 0.15) is 5.82 Å². The number of aromatic nitrogens is 2. The molecule has 0 saturated carbocycles. The summed E-state index contributed by atoms with van der Waals surface area (Å²) in [5.74, 6) is 1.79. The summed E-state index contributed by atoms with van der Waals surface area (Å²) in [6.45, 7) is 8.73. The summed E-state index contributed by atoms with van der Waals surface area (Å²) in [6, 6.07) is 8.75. The SMILES string of the molecule is Cc1cn2c(n1)C(CNCc1ccccc1N1CCOCC1)CCC2. The van der Waals surface area contributed by atoms with E-state index in [0.29, 0.717) is 5.92 Å². The first-order chi connectivity index (χ1) is 12.3. The molecule has 0 bridgehead atoms. The van der Waals surface area contributed by atoms with Gasteiger partial charge in [0.15, 0.2) is 0 Å². The van der Waals surface area contributed by atoms with Crippen LogP contribution in [0.2, 0.25) is 0 Å². The van der Waals surface area contributed by atoms with E-state index in [0.717, 1.165) is 51.6 Å². The van der Waals surface area contributed by atoms with E-state index in [2.05, 4.69) is 52.2 Å². The van der Waals surface area contributed by atoms with Crippen LogP contribution in [0, 0.1) is 6.92 Å². The Morgan fingerprint density at radius 3 is 2.92 bits per heavy atom. The van der Waals surface area contributed by atoms with E-state index in [1.165, 1.54) is 29.9 Å². The van der Waals surface area contributed by atoms with Crippen LogP contribution in [0.5, 0.6) is 0 Å². The normalized spacial score (nSPS) is 20.5. The molecule has 0 amide bonds. The zero-order valence-electron chi connectivity index (χ0n) is 15.1. The van der Waals surface area contributed by atoms with Crippen LogP contribution in [0.4, 0.5) is 5.69 Å². The summed E-state index contributed by atoms with van der Waals surface area (Å²) < 4.78 is 7.83. The van der Waals surface area contributed by atoms with E-state index in [1.807, 2.05) is 0 Å². The van der Waals surface area contributed by atoms with Crippen molar-refractivity contribution in [3.8, 4) is 0 Å². The molecule has 2 aliphatic heterocycles. The van der Waals surface area contributed by atoms with Gasteiger partial charge in [0.25, 0.3) is 0 Å². The van der Waals surface area contributed by atoms with Crippen molar-refractivity contribution in [2.24, 2.45) is 0 Å². The molecular formula is C20H28N4O.